The van der Waals surface area contributed by atoms with Crippen LogP contribution >= 0.6 is 23.5 Å². The van der Waals surface area contributed by atoms with Crippen molar-refractivity contribution in [2.45, 2.75) is 50.0 Å². The van der Waals surface area contributed by atoms with Gasteiger partial charge in [0.15, 0.2) is 0 Å². The molecule has 2 heteroatoms. The van der Waals surface area contributed by atoms with E-state index >= 15 is 0 Å². The molecule has 1 aliphatic heterocycles. The molecule has 0 amide bonds. The molecule has 0 aromatic rings. The molecule has 0 spiro atoms. The van der Waals surface area contributed by atoms with E-state index < -0.39 is 0 Å². The van der Waals surface area contributed by atoms with Crippen LogP contribution in [0, 0.1) is 5.41 Å². The van der Waals surface area contributed by atoms with Crippen molar-refractivity contribution in [2.75, 3.05) is 0 Å². The van der Waals surface area contributed by atoms with Gasteiger partial charge in [0.1, 0.15) is 0 Å². The van der Waals surface area contributed by atoms with Crippen LogP contribution < -0.4 is 0 Å². The molecule has 1 aliphatic carbocycles. The maximum absolute atomic E-state index is 2.38. The highest BCUT2D eigenvalue weighted by atomic mass is 32.2. The van der Waals surface area contributed by atoms with Crippen LogP contribution in [0.1, 0.15) is 45.4 Å². The van der Waals surface area contributed by atoms with Gasteiger partial charge in [0.2, 0.25) is 0 Å². The van der Waals surface area contributed by atoms with E-state index in [2.05, 4.69) is 41.3 Å². The Bertz CT molecular complexity index is 184. The molecule has 0 radical (unpaired) electrons. The quantitative estimate of drug-likeness (QED) is 0.657. The van der Waals surface area contributed by atoms with E-state index in [1.165, 1.54) is 38.5 Å². The zero-order valence-electron chi connectivity index (χ0n) is 8.29. The number of thioether (sulfide) groups is 2. The molecular weight excluding hydrogens is 196 g/mol. The Morgan fingerprint density at radius 3 is 2.31 bits per heavy atom. The van der Waals surface area contributed by atoms with Crippen molar-refractivity contribution in [1.29, 1.82) is 0 Å². The van der Waals surface area contributed by atoms with E-state index in [1.807, 2.05) is 0 Å². The second kappa shape index (κ2) is 4.31. The first-order valence-corrected chi connectivity index (χ1v) is 7.22. The molecule has 0 unspecified atom stereocenters. The lowest BCUT2D eigenvalue weighted by Gasteiger charge is -2.40. The minimum atomic E-state index is 0.664. The zero-order chi connectivity index (χ0) is 9.15. The Morgan fingerprint density at radius 1 is 1.15 bits per heavy atom. The minimum Gasteiger partial charge on any atom is -0.118 e. The Labute approximate surface area is 89.9 Å². The lowest BCUT2D eigenvalue weighted by Crippen LogP contribution is -2.31. The van der Waals surface area contributed by atoms with Crippen molar-refractivity contribution in [1.82, 2.24) is 0 Å². The van der Waals surface area contributed by atoms with Crippen LogP contribution in [0.2, 0.25) is 0 Å². The van der Waals surface area contributed by atoms with E-state index in [0.29, 0.717) is 5.41 Å². The summed E-state index contributed by atoms with van der Waals surface area (Å²) in [5.74, 6) is 0. The van der Waals surface area contributed by atoms with E-state index in [4.69, 9.17) is 0 Å². The van der Waals surface area contributed by atoms with Crippen molar-refractivity contribution in [3.05, 3.63) is 10.8 Å². The van der Waals surface area contributed by atoms with Gasteiger partial charge in [-0.15, -0.1) is 23.5 Å². The van der Waals surface area contributed by atoms with Crippen LogP contribution in [-0.2, 0) is 0 Å². The molecule has 1 fully saturated rings. The van der Waals surface area contributed by atoms with Gasteiger partial charge in [-0.2, -0.15) is 0 Å². The molecule has 2 rings (SSSR count). The van der Waals surface area contributed by atoms with E-state index in [-0.39, 0.29) is 0 Å². The van der Waals surface area contributed by atoms with Gasteiger partial charge in [-0.3, -0.25) is 0 Å². The third-order valence-corrected chi connectivity index (χ3v) is 6.43. The van der Waals surface area contributed by atoms with Gasteiger partial charge in [-0.1, -0.05) is 26.2 Å². The van der Waals surface area contributed by atoms with E-state index in [9.17, 15) is 0 Å². The van der Waals surface area contributed by atoms with Crippen LogP contribution in [0.25, 0.3) is 0 Å². The first-order valence-electron chi connectivity index (χ1n) is 5.33. The lowest BCUT2D eigenvalue weighted by molar-refractivity contribution is 0.204. The first-order chi connectivity index (χ1) is 6.37. The fourth-order valence-electron chi connectivity index (χ4n) is 2.54. The van der Waals surface area contributed by atoms with E-state index in [1.54, 1.807) is 0 Å². The molecule has 0 atom stereocenters. The monoisotopic (exact) mass is 214 g/mol. The summed E-state index contributed by atoms with van der Waals surface area (Å²) < 4.78 is 0.831. The number of rotatable bonds is 2. The molecule has 1 heterocycles. The Hall–Kier alpha value is 0.440. The summed E-state index contributed by atoms with van der Waals surface area (Å²) in [6, 6.07) is 0. The molecule has 0 N–H and O–H groups in total. The topological polar surface area (TPSA) is 0 Å². The predicted octanol–water partition coefficient (Wildman–Crippen LogP) is 4.62. The van der Waals surface area contributed by atoms with Gasteiger partial charge < -0.3 is 0 Å². The van der Waals surface area contributed by atoms with Crippen LogP contribution in [0.5, 0.6) is 0 Å². The van der Waals surface area contributed by atoms with Gasteiger partial charge in [-0.25, -0.2) is 0 Å². The number of hydrogen-bond acceptors (Lipinski definition) is 2. The van der Waals surface area contributed by atoms with Gasteiger partial charge >= 0.3 is 0 Å². The molecule has 2 aliphatic rings. The van der Waals surface area contributed by atoms with Crippen LogP contribution in [0.3, 0.4) is 0 Å². The fraction of sp³-hybridized carbons (Fsp3) is 0.818. The van der Waals surface area contributed by atoms with Crippen LogP contribution in [0.15, 0.2) is 10.8 Å². The minimum absolute atomic E-state index is 0.664. The van der Waals surface area contributed by atoms with Crippen LogP contribution in [-0.4, -0.2) is 4.58 Å². The standard InChI is InChI=1S/C11H18S2/c1-2-11(6-4-3-5-7-11)10-12-8-9-13-10/h8-10H,2-7H2,1H3. The summed E-state index contributed by atoms with van der Waals surface area (Å²) in [4.78, 5) is 0. The van der Waals surface area contributed by atoms with Crippen molar-refractivity contribution < 1.29 is 0 Å². The second-order valence-corrected chi connectivity index (χ2v) is 6.48. The molecule has 0 bridgehead atoms. The summed E-state index contributed by atoms with van der Waals surface area (Å²) >= 11 is 4.11. The normalized spacial score (nSPS) is 28.1. The largest absolute Gasteiger partial charge is 0.118 e. The van der Waals surface area contributed by atoms with Gasteiger partial charge in [-0.05, 0) is 35.5 Å². The van der Waals surface area contributed by atoms with Crippen molar-refractivity contribution in [3.8, 4) is 0 Å². The third kappa shape index (κ3) is 1.94. The van der Waals surface area contributed by atoms with Crippen molar-refractivity contribution >= 4 is 23.5 Å². The predicted molar refractivity (Wildman–Crippen MR) is 63.9 cm³/mol. The SMILES string of the molecule is CCC1(C2SC=CS2)CCCCC1. The molecule has 74 valence electrons. The fourth-order valence-corrected chi connectivity index (χ4v) is 5.36. The molecule has 0 nitrogen and oxygen atoms in total. The van der Waals surface area contributed by atoms with Gasteiger partial charge in [0.05, 0.1) is 4.58 Å². The van der Waals surface area contributed by atoms with Crippen molar-refractivity contribution in [2.24, 2.45) is 5.41 Å². The van der Waals surface area contributed by atoms with Crippen molar-refractivity contribution in [3.63, 3.8) is 0 Å². The highest BCUT2D eigenvalue weighted by Crippen LogP contribution is 2.53. The number of hydrogen-bond donors (Lipinski definition) is 0. The molecular formula is C11H18S2. The third-order valence-electron chi connectivity index (χ3n) is 3.51. The maximum Gasteiger partial charge on any atom is 0.0641 e. The molecule has 1 saturated carbocycles. The summed E-state index contributed by atoms with van der Waals surface area (Å²) in [5.41, 5.74) is 0.664. The van der Waals surface area contributed by atoms with E-state index in [0.717, 1.165) is 4.58 Å². The molecule has 0 aromatic heterocycles. The molecule has 0 saturated heterocycles. The molecule has 0 aromatic carbocycles. The zero-order valence-corrected chi connectivity index (χ0v) is 9.92. The maximum atomic E-state index is 2.38. The molecule has 13 heavy (non-hydrogen) atoms. The summed E-state index contributed by atoms with van der Waals surface area (Å²) in [6.07, 6.45) is 8.71. The second-order valence-electron chi connectivity index (χ2n) is 4.15. The van der Waals surface area contributed by atoms with Gasteiger partial charge in [0.25, 0.3) is 0 Å². The Kier molecular flexibility index (Phi) is 3.31. The smallest absolute Gasteiger partial charge is 0.0641 e. The Balaban J connectivity index is 2.04. The summed E-state index contributed by atoms with van der Waals surface area (Å²) in [6.45, 7) is 2.38. The highest BCUT2D eigenvalue weighted by Gasteiger charge is 2.39. The first kappa shape index (κ1) is 9.97. The van der Waals surface area contributed by atoms with Gasteiger partial charge in [0, 0.05) is 0 Å². The average molecular weight is 214 g/mol. The summed E-state index contributed by atoms with van der Waals surface area (Å²) in [7, 11) is 0. The highest BCUT2D eigenvalue weighted by molar-refractivity contribution is 8.22. The lowest BCUT2D eigenvalue weighted by atomic mass is 9.73. The average Bonchev–Trinajstić information content (AvgIpc) is 2.72. The summed E-state index contributed by atoms with van der Waals surface area (Å²) in [5, 5.41) is 4.56. The van der Waals surface area contributed by atoms with Crippen LogP contribution in [0.4, 0.5) is 0 Å². The Morgan fingerprint density at radius 2 is 1.77 bits per heavy atom.